The standard InChI is InChI=1S/C25H29NO9/c1-14(26(32-2)35-25-23(30)22(29)18(27)13-33-25)12-17(15-8-4-3-5-9-15)20-21(28)16-10-6-7-11-19(16)34-24(20)31/h3-11,14,17-18,22-23,25,27-30H,12-13H2,1-2H3/t14?,17?,18-,22-,23+,25?/m1/s1. The van der Waals surface area contributed by atoms with Crippen molar-refractivity contribution in [2.24, 2.45) is 0 Å². The van der Waals surface area contributed by atoms with Gasteiger partial charge in [0.05, 0.1) is 30.7 Å². The summed E-state index contributed by atoms with van der Waals surface area (Å²) in [6.45, 7) is 1.53. The second-order valence-electron chi connectivity index (χ2n) is 8.52. The molecule has 6 atom stereocenters. The molecule has 0 bridgehead atoms. The van der Waals surface area contributed by atoms with Crippen molar-refractivity contribution in [3.63, 3.8) is 0 Å². The van der Waals surface area contributed by atoms with Gasteiger partial charge < -0.3 is 29.6 Å². The number of hydrogen-bond donors (Lipinski definition) is 4. The first-order valence-electron chi connectivity index (χ1n) is 11.3. The quantitative estimate of drug-likeness (QED) is 0.274. The average Bonchev–Trinajstić information content (AvgIpc) is 2.86. The smallest absolute Gasteiger partial charge is 0.343 e. The van der Waals surface area contributed by atoms with Gasteiger partial charge in [-0.1, -0.05) is 47.7 Å². The van der Waals surface area contributed by atoms with E-state index in [1.807, 2.05) is 30.3 Å². The molecule has 188 valence electrons. The lowest BCUT2D eigenvalue weighted by Crippen LogP contribution is -2.55. The Labute approximate surface area is 201 Å². The van der Waals surface area contributed by atoms with Gasteiger partial charge in [-0.15, -0.1) is 0 Å². The number of aromatic hydroxyl groups is 1. The summed E-state index contributed by atoms with van der Waals surface area (Å²) in [5.74, 6) is -0.760. The van der Waals surface area contributed by atoms with Gasteiger partial charge in [0.25, 0.3) is 0 Å². The van der Waals surface area contributed by atoms with E-state index in [0.29, 0.717) is 5.39 Å². The van der Waals surface area contributed by atoms with Crippen LogP contribution < -0.4 is 5.63 Å². The van der Waals surface area contributed by atoms with Gasteiger partial charge in [-0.25, -0.2) is 9.63 Å². The molecule has 2 heterocycles. The van der Waals surface area contributed by atoms with Crippen molar-refractivity contribution in [3.8, 4) is 5.75 Å². The van der Waals surface area contributed by atoms with Gasteiger partial charge in [-0.2, -0.15) is 0 Å². The van der Waals surface area contributed by atoms with Crippen LogP contribution in [0.3, 0.4) is 0 Å². The van der Waals surface area contributed by atoms with Crippen molar-refractivity contribution in [1.29, 1.82) is 0 Å². The van der Waals surface area contributed by atoms with Crippen molar-refractivity contribution in [1.82, 2.24) is 5.23 Å². The molecule has 1 fully saturated rings. The molecule has 0 aliphatic carbocycles. The Morgan fingerprint density at radius 2 is 1.74 bits per heavy atom. The number of ether oxygens (including phenoxy) is 1. The highest BCUT2D eigenvalue weighted by molar-refractivity contribution is 5.84. The van der Waals surface area contributed by atoms with E-state index >= 15 is 0 Å². The van der Waals surface area contributed by atoms with Gasteiger partial charge >= 0.3 is 5.63 Å². The molecular formula is C25H29NO9. The van der Waals surface area contributed by atoms with Crippen molar-refractivity contribution in [3.05, 3.63) is 76.1 Å². The molecule has 1 aliphatic heterocycles. The van der Waals surface area contributed by atoms with Gasteiger partial charge in [0, 0.05) is 5.92 Å². The van der Waals surface area contributed by atoms with Crippen LogP contribution in [0, 0.1) is 0 Å². The summed E-state index contributed by atoms with van der Waals surface area (Å²) < 4.78 is 10.8. The third-order valence-corrected chi connectivity index (χ3v) is 6.15. The van der Waals surface area contributed by atoms with E-state index < -0.39 is 42.2 Å². The van der Waals surface area contributed by atoms with E-state index in [-0.39, 0.29) is 29.9 Å². The fraction of sp³-hybridized carbons (Fsp3) is 0.400. The molecule has 3 aromatic rings. The highest BCUT2D eigenvalue weighted by Gasteiger charge is 2.40. The summed E-state index contributed by atoms with van der Waals surface area (Å²) in [6, 6.07) is 15.4. The van der Waals surface area contributed by atoms with Gasteiger partial charge in [-0.05, 0) is 31.0 Å². The summed E-state index contributed by atoms with van der Waals surface area (Å²) in [7, 11) is 1.36. The second kappa shape index (κ2) is 10.8. The van der Waals surface area contributed by atoms with Gasteiger partial charge in [0.2, 0.25) is 6.29 Å². The summed E-state index contributed by atoms with van der Waals surface area (Å²) in [6.07, 6.45) is -5.24. The molecule has 4 rings (SSSR count). The zero-order valence-corrected chi connectivity index (χ0v) is 19.4. The van der Waals surface area contributed by atoms with Crippen molar-refractivity contribution in [2.75, 3.05) is 13.7 Å². The van der Waals surface area contributed by atoms with Crippen LogP contribution in [0.15, 0.2) is 63.8 Å². The molecule has 0 amide bonds. The third kappa shape index (κ3) is 5.24. The highest BCUT2D eigenvalue weighted by atomic mass is 17.0. The maximum atomic E-state index is 13.0. The molecule has 2 aromatic carbocycles. The molecule has 10 heteroatoms. The molecule has 10 nitrogen and oxygen atoms in total. The Bertz CT molecular complexity index is 1180. The SMILES string of the molecule is CON(OC1OC[C@@H](O)[C@@H](O)[C@@H]1O)C(C)CC(c1ccccc1)c1c(O)c2ccccc2oc1=O. The monoisotopic (exact) mass is 487 g/mol. The maximum Gasteiger partial charge on any atom is 0.343 e. The van der Waals surface area contributed by atoms with E-state index in [9.17, 15) is 25.2 Å². The maximum absolute atomic E-state index is 13.0. The molecule has 35 heavy (non-hydrogen) atoms. The molecule has 0 spiro atoms. The summed E-state index contributed by atoms with van der Waals surface area (Å²) in [5.41, 5.74) is 0.492. The molecule has 0 radical (unpaired) electrons. The average molecular weight is 488 g/mol. The number of hydroxylamine groups is 2. The predicted molar refractivity (Wildman–Crippen MR) is 124 cm³/mol. The number of nitrogens with zero attached hydrogens (tertiary/aromatic N) is 1. The largest absolute Gasteiger partial charge is 0.507 e. The van der Waals surface area contributed by atoms with Gasteiger partial charge in [0.1, 0.15) is 29.6 Å². The van der Waals surface area contributed by atoms with Gasteiger partial charge in [-0.3, -0.25) is 4.84 Å². The van der Waals surface area contributed by atoms with Crippen molar-refractivity contribution < 1.29 is 39.3 Å². The molecule has 1 aliphatic rings. The Balaban J connectivity index is 1.65. The van der Waals surface area contributed by atoms with Crippen LogP contribution >= 0.6 is 0 Å². The van der Waals surface area contributed by atoms with Crippen LogP contribution in [0.25, 0.3) is 11.0 Å². The Kier molecular flexibility index (Phi) is 7.82. The van der Waals surface area contributed by atoms with Gasteiger partial charge in [0.15, 0.2) is 0 Å². The minimum atomic E-state index is -1.51. The number of rotatable bonds is 8. The number of fused-ring (bicyclic) bond motifs is 1. The van der Waals surface area contributed by atoms with Crippen LogP contribution in [0.5, 0.6) is 5.75 Å². The van der Waals surface area contributed by atoms with E-state index in [0.717, 1.165) is 10.8 Å². The highest BCUT2D eigenvalue weighted by Crippen LogP contribution is 2.37. The van der Waals surface area contributed by atoms with Crippen LogP contribution in [0.1, 0.15) is 30.4 Å². The topological polar surface area (TPSA) is 142 Å². The van der Waals surface area contributed by atoms with Crippen LogP contribution in [0.2, 0.25) is 0 Å². The normalized spacial score (nSPS) is 24.5. The van der Waals surface area contributed by atoms with Crippen molar-refractivity contribution in [2.45, 2.75) is 49.9 Å². The van der Waals surface area contributed by atoms with E-state index in [1.165, 1.54) is 7.11 Å². The molecular weight excluding hydrogens is 458 g/mol. The molecule has 4 N–H and O–H groups in total. The first-order chi connectivity index (χ1) is 16.8. The third-order valence-electron chi connectivity index (χ3n) is 6.15. The van der Waals surface area contributed by atoms with Crippen molar-refractivity contribution >= 4 is 11.0 Å². The Morgan fingerprint density at radius 3 is 2.46 bits per heavy atom. The van der Waals surface area contributed by atoms with Crippen LogP contribution in [0.4, 0.5) is 0 Å². The number of aliphatic hydroxyl groups is 3. The number of benzene rings is 2. The first-order valence-corrected chi connectivity index (χ1v) is 11.3. The molecule has 3 unspecified atom stereocenters. The fourth-order valence-corrected chi connectivity index (χ4v) is 4.29. The summed E-state index contributed by atoms with van der Waals surface area (Å²) >= 11 is 0. The number of hydrogen-bond acceptors (Lipinski definition) is 10. The summed E-state index contributed by atoms with van der Waals surface area (Å²) in [5, 5.41) is 42.4. The predicted octanol–water partition coefficient (Wildman–Crippen LogP) is 1.64. The van der Waals surface area contributed by atoms with Crippen LogP contribution in [-0.2, 0) is 14.4 Å². The molecule has 1 aromatic heterocycles. The minimum absolute atomic E-state index is 0.102. The van der Waals surface area contributed by atoms with E-state index in [4.69, 9.17) is 18.8 Å². The molecule has 1 saturated heterocycles. The summed E-state index contributed by atoms with van der Waals surface area (Å²) in [4.78, 5) is 24.0. The lowest BCUT2D eigenvalue weighted by molar-refractivity contribution is -0.446. The number of aliphatic hydroxyl groups excluding tert-OH is 3. The lowest BCUT2D eigenvalue weighted by Gasteiger charge is -2.38. The number of para-hydroxylation sites is 1. The Morgan fingerprint density at radius 1 is 1.06 bits per heavy atom. The van der Waals surface area contributed by atoms with E-state index in [2.05, 4.69) is 0 Å². The minimum Gasteiger partial charge on any atom is -0.507 e. The van der Waals surface area contributed by atoms with Crippen LogP contribution in [-0.4, -0.2) is 70.0 Å². The fourth-order valence-electron chi connectivity index (χ4n) is 4.29. The molecule has 0 saturated carbocycles. The first kappa shape index (κ1) is 25.3. The lowest BCUT2D eigenvalue weighted by atomic mass is 9.86. The zero-order chi connectivity index (χ0) is 25.1. The van der Waals surface area contributed by atoms with E-state index in [1.54, 1.807) is 31.2 Å². The zero-order valence-electron chi connectivity index (χ0n) is 19.4. The Hall–Kier alpha value is -2.83. The second-order valence-corrected chi connectivity index (χ2v) is 8.52.